The minimum atomic E-state index is -0.523. The van der Waals surface area contributed by atoms with E-state index in [1.807, 2.05) is 6.92 Å². The number of hydrogen-bond donors (Lipinski definition) is 1. The van der Waals surface area contributed by atoms with Gasteiger partial charge < -0.3 is 10.1 Å². The van der Waals surface area contributed by atoms with Crippen molar-refractivity contribution in [1.82, 2.24) is 5.32 Å². The third kappa shape index (κ3) is 3.53. The van der Waals surface area contributed by atoms with Crippen LogP contribution in [-0.4, -0.2) is 24.5 Å². The summed E-state index contributed by atoms with van der Waals surface area (Å²) in [5.41, 5.74) is 0. The standard InChI is InChI=1S/C11H19NO3/c1-3-7-15-11(14)8(2)12-10(13)9-5-4-6-9/h8-9H,3-7H2,1-2H3,(H,12,13)/t8-/m0/s1. The molecule has 1 rings (SSSR count). The van der Waals surface area contributed by atoms with Gasteiger partial charge in [0.15, 0.2) is 0 Å². The highest BCUT2D eigenvalue weighted by molar-refractivity contribution is 5.85. The molecule has 1 N–H and O–H groups in total. The fourth-order valence-corrected chi connectivity index (χ4v) is 1.39. The minimum absolute atomic E-state index is 0.0119. The zero-order chi connectivity index (χ0) is 11.3. The van der Waals surface area contributed by atoms with Crippen molar-refractivity contribution in [1.29, 1.82) is 0 Å². The fraction of sp³-hybridized carbons (Fsp3) is 0.818. The van der Waals surface area contributed by atoms with Crippen molar-refractivity contribution in [2.24, 2.45) is 5.92 Å². The van der Waals surface area contributed by atoms with E-state index in [4.69, 9.17) is 4.74 Å². The summed E-state index contributed by atoms with van der Waals surface area (Å²) in [6.45, 7) is 4.02. The number of amides is 1. The lowest BCUT2D eigenvalue weighted by Gasteiger charge is -2.25. The molecule has 0 aromatic rings. The van der Waals surface area contributed by atoms with Crippen LogP contribution in [0.2, 0.25) is 0 Å². The van der Waals surface area contributed by atoms with Crippen LogP contribution in [0.3, 0.4) is 0 Å². The summed E-state index contributed by atoms with van der Waals surface area (Å²) in [5, 5.41) is 2.68. The topological polar surface area (TPSA) is 55.4 Å². The Bertz CT molecular complexity index is 236. The zero-order valence-corrected chi connectivity index (χ0v) is 9.41. The first kappa shape index (κ1) is 12.0. The van der Waals surface area contributed by atoms with Gasteiger partial charge in [-0.3, -0.25) is 4.79 Å². The zero-order valence-electron chi connectivity index (χ0n) is 9.41. The van der Waals surface area contributed by atoms with Crippen LogP contribution in [0.4, 0.5) is 0 Å². The fourth-order valence-electron chi connectivity index (χ4n) is 1.39. The van der Waals surface area contributed by atoms with Crippen molar-refractivity contribution in [3.8, 4) is 0 Å². The minimum Gasteiger partial charge on any atom is -0.464 e. The SMILES string of the molecule is CCCOC(=O)[C@H](C)NC(=O)C1CCC1. The van der Waals surface area contributed by atoms with E-state index in [-0.39, 0.29) is 17.8 Å². The first-order chi connectivity index (χ1) is 7.15. The number of esters is 1. The molecule has 1 fully saturated rings. The predicted octanol–water partition coefficient (Wildman–Crippen LogP) is 1.24. The summed E-state index contributed by atoms with van der Waals surface area (Å²) >= 11 is 0. The molecule has 1 aliphatic rings. The Kier molecular flexibility index (Phi) is 4.59. The van der Waals surface area contributed by atoms with E-state index in [0.717, 1.165) is 25.7 Å². The number of rotatable bonds is 5. The molecule has 1 saturated carbocycles. The molecule has 0 aromatic heterocycles. The van der Waals surface area contributed by atoms with Crippen LogP contribution in [-0.2, 0) is 14.3 Å². The van der Waals surface area contributed by atoms with E-state index < -0.39 is 6.04 Å². The molecule has 1 aliphatic carbocycles. The second kappa shape index (κ2) is 5.73. The maximum Gasteiger partial charge on any atom is 0.328 e. The number of carbonyl (C=O) groups is 2. The Hall–Kier alpha value is -1.06. The molecule has 0 unspecified atom stereocenters. The summed E-state index contributed by atoms with van der Waals surface area (Å²) in [7, 11) is 0. The molecular formula is C11H19NO3. The Morgan fingerprint density at radius 2 is 2.13 bits per heavy atom. The van der Waals surface area contributed by atoms with Crippen LogP contribution in [0.5, 0.6) is 0 Å². The van der Waals surface area contributed by atoms with Crippen molar-refractivity contribution in [2.75, 3.05) is 6.61 Å². The van der Waals surface area contributed by atoms with Gasteiger partial charge in [0, 0.05) is 5.92 Å². The van der Waals surface area contributed by atoms with Crippen LogP contribution in [0.1, 0.15) is 39.5 Å². The summed E-state index contributed by atoms with van der Waals surface area (Å²) < 4.78 is 4.93. The molecule has 0 bridgehead atoms. The summed E-state index contributed by atoms with van der Waals surface area (Å²) in [5.74, 6) is -0.238. The predicted molar refractivity (Wildman–Crippen MR) is 56.2 cm³/mol. The van der Waals surface area contributed by atoms with Crippen molar-refractivity contribution >= 4 is 11.9 Å². The average Bonchev–Trinajstić information content (AvgIpc) is 2.10. The molecule has 0 spiro atoms. The van der Waals surface area contributed by atoms with Crippen LogP contribution in [0.15, 0.2) is 0 Å². The van der Waals surface area contributed by atoms with Crippen molar-refractivity contribution in [3.63, 3.8) is 0 Å². The molecule has 1 amide bonds. The van der Waals surface area contributed by atoms with Gasteiger partial charge >= 0.3 is 5.97 Å². The van der Waals surface area contributed by atoms with E-state index in [9.17, 15) is 9.59 Å². The Labute approximate surface area is 90.4 Å². The van der Waals surface area contributed by atoms with E-state index >= 15 is 0 Å². The van der Waals surface area contributed by atoms with Gasteiger partial charge in [0.25, 0.3) is 0 Å². The third-order valence-corrected chi connectivity index (χ3v) is 2.64. The Balaban J connectivity index is 2.24. The highest BCUT2D eigenvalue weighted by atomic mass is 16.5. The van der Waals surface area contributed by atoms with Crippen LogP contribution < -0.4 is 5.32 Å². The quantitative estimate of drug-likeness (QED) is 0.699. The lowest BCUT2D eigenvalue weighted by Crippen LogP contribution is -2.44. The largest absolute Gasteiger partial charge is 0.464 e. The highest BCUT2D eigenvalue weighted by Gasteiger charge is 2.27. The molecule has 0 heterocycles. The monoisotopic (exact) mass is 213 g/mol. The van der Waals surface area contributed by atoms with Gasteiger partial charge in [-0.25, -0.2) is 4.79 Å². The number of nitrogens with one attached hydrogen (secondary N) is 1. The van der Waals surface area contributed by atoms with Crippen molar-refractivity contribution in [3.05, 3.63) is 0 Å². The lowest BCUT2D eigenvalue weighted by molar-refractivity contribution is -0.148. The molecule has 15 heavy (non-hydrogen) atoms. The number of hydrogen-bond acceptors (Lipinski definition) is 3. The molecule has 0 radical (unpaired) electrons. The van der Waals surface area contributed by atoms with Gasteiger partial charge in [-0.05, 0) is 26.2 Å². The van der Waals surface area contributed by atoms with E-state index in [1.165, 1.54) is 0 Å². The van der Waals surface area contributed by atoms with Gasteiger partial charge in [-0.15, -0.1) is 0 Å². The molecule has 0 aromatic carbocycles. The smallest absolute Gasteiger partial charge is 0.328 e. The normalized spacial score (nSPS) is 17.7. The van der Waals surface area contributed by atoms with E-state index in [0.29, 0.717) is 6.61 Å². The molecule has 4 nitrogen and oxygen atoms in total. The first-order valence-corrected chi connectivity index (χ1v) is 5.62. The molecule has 4 heteroatoms. The summed E-state index contributed by atoms with van der Waals surface area (Å²) in [4.78, 5) is 22.8. The first-order valence-electron chi connectivity index (χ1n) is 5.62. The Morgan fingerprint density at radius 3 is 2.60 bits per heavy atom. The van der Waals surface area contributed by atoms with Gasteiger partial charge in [0.2, 0.25) is 5.91 Å². The van der Waals surface area contributed by atoms with Gasteiger partial charge in [-0.2, -0.15) is 0 Å². The molecule has 86 valence electrons. The molecule has 1 atom stereocenters. The second-order valence-corrected chi connectivity index (χ2v) is 4.03. The maximum absolute atomic E-state index is 11.5. The summed E-state index contributed by atoms with van der Waals surface area (Å²) in [6.07, 6.45) is 3.81. The Morgan fingerprint density at radius 1 is 1.47 bits per heavy atom. The van der Waals surface area contributed by atoms with Crippen LogP contribution in [0.25, 0.3) is 0 Å². The van der Waals surface area contributed by atoms with E-state index in [2.05, 4.69) is 5.32 Å². The van der Waals surface area contributed by atoms with E-state index in [1.54, 1.807) is 6.92 Å². The number of ether oxygens (including phenoxy) is 1. The third-order valence-electron chi connectivity index (χ3n) is 2.64. The van der Waals surface area contributed by atoms with Crippen molar-refractivity contribution in [2.45, 2.75) is 45.6 Å². The van der Waals surface area contributed by atoms with Crippen LogP contribution >= 0.6 is 0 Å². The summed E-state index contributed by atoms with van der Waals surface area (Å²) in [6, 6.07) is -0.523. The van der Waals surface area contributed by atoms with Crippen LogP contribution in [0, 0.1) is 5.92 Å². The van der Waals surface area contributed by atoms with Gasteiger partial charge in [-0.1, -0.05) is 13.3 Å². The number of carbonyl (C=O) groups excluding carboxylic acids is 2. The van der Waals surface area contributed by atoms with Gasteiger partial charge in [0.1, 0.15) is 6.04 Å². The average molecular weight is 213 g/mol. The lowest BCUT2D eigenvalue weighted by atomic mass is 9.84. The molecule has 0 aliphatic heterocycles. The van der Waals surface area contributed by atoms with Crippen molar-refractivity contribution < 1.29 is 14.3 Å². The molecular weight excluding hydrogens is 194 g/mol. The van der Waals surface area contributed by atoms with Gasteiger partial charge in [0.05, 0.1) is 6.61 Å². The molecule has 0 saturated heterocycles. The highest BCUT2D eigenvalue weighted by Crippen LogP contribution is 2.26. The second-order valence-electron chi connectivity index (χ2n) is 4.03. The maximum atomic E-state index is 11.5.